The summed E-state index contributed by atoms with van der Waals surface area (Å²) in [5.41, 5.74) is 0.760. The van der Waals surface area contributed by atoms with Gasteiger partial charge in [-0.15, -0.1) is 0 Å². The first-order valence-electron chi connectivity index (χ1n) is 5.23. The van der Waals surface area contributed by atoms with E-state index in [0.717, 1.165) is 5.52 Å². The largest absolute Gasteiger partial charge is 0.465 e. The SMILES string of the molecule is CC1(c2nc3ccccc3o2)CCOC1=O. The molecular weight excluding hydrogens is 206 g/mol. The van der Waals surface area contributed by atoms with Crippen LogP contribution in [0.4, 0.5) is 0 Å². The maximum atomic E-state index is 11.7. The van der Waals surface area contributed by atoms with Crippen molar-refractivity contribution in [3.63, 3.8) is 0 Å². The minimum atomic E-state index is -0.723. The summed E-state index contributed by atoms with van der Waals surface area (Å²) in [5, 5.41) is 0. The molecule has 16 heavy (non-hydrogen) atoms. The number of fused-ring (bicyclic) bond motifs is 1. The van der Waals surface area contributed by atoms with Crippen LogP contribution in [0.2, 0.25) is 0 Å². The molecule has 0 radical (unpaired) electrons. The van der Waals surface area contributed by atoms with Crippen LogP contribution < -0.4 is 0 Å². The van der Waals surface area contributed by atoms with Crippen molar-refractivity contribution in [3.8, 4) is 0 Å². The first-order chi connectivity index (χ1) is 7.70. The highest BCUT2D eigenvalue weighted by molar-refractivity contribution is 5.84. The molecule has 0 spiro atoms. The lowest BCUT2D eigenvalue weighted by atomic mass is 9.89. The number of para-hydroxylation sites is 2. The van der Waals surface area contributed by atoms with Gasteiger partial charge in [0.2, 0.25) is 5.89 Å². The summed E-state index contributed by atoms with van der Waals surface area (Å²) >= 11 is 0. The lowest BCUT2D eigenvalue weighted by molar-refractivity contribution is -0.142. The third kappa shape index (κ3) is 1.16. The second kappa shape index (κ2) is 3.07. The Kier molecular flexibility index (Phi) is 1.80. The van der Waals surface area contributed by atoms with E-state index in [-0.39, 0.29) is 5.97 Å². The molecule has 1 aliphatic rings. The van der Waals surface area contributed by atoms with E-state index in [2.05, 4.69) is 4.98 Å². The number of cyclic esters (lactones) is 1. The van der Waals surface area contributed by atoms with Crippen LogP contribution in [0, 0.1) is 0 Å². The van der Waals surface area contributed by atoms with Gasteiger partial charge >= 0.3 is 5.97 Å². The van der Waals surface area contributed by atoms with Gasteiger partial charge in [-0.1, -0.05) is 12.1 Å². The van der Waals surface area contributed by atoms with Gasteiger partial charge in [0.15, 0.2) is 5.58 Å². The van der Waals surface area contributed by atoms with Crippen LogP contribution in [0.15, 0.2) is 28.7 Å². The second-order valence-electron chi connectivity index (χ2n) is 4.20. The monoisotopic (exact) mass is 217 g/mol. The quantitative estimate of drug-likeness (QED) is 0.686. The van der Waals surface area contributed by atoms with Crippen molar-refractivity contribution in [2.45, 2.75) is 18.8 Å². The first kappa shape index (κ1) is 9.39. The summed E-state index contributed by atoms with van der Waals surface area (Å²) in [5.74, 6) is 0.204. The van der Waals surface area contributed by atoms with E-state index in [4.69, 9.17) is 9.15 Å². The molecule has 0 N–H and O–H groups in total. The number of benzene rings is 1. The summed E-state index contributed by atoms with van der Waals surface area (Å²) in [6.07, 6.45) is 0.624. The summed E-state index contributed by atoms with van der Waals surface area (Å²) in [6, 6.07) is 7.48. The molecule has 1 unspecified atom stereocenters. The predicted molar refractivity (Wildman–Crippen MR) is 56.9 cm³/mol. The fraction of sp³-hybridized carbons (Fsp3) is 0.333. The molecule has 1 aliphatic heterocycles. The van der Waals surface area contributed by atoms with Crippen molar-refractivity contribution < 1.29 is 13.9 Å². The molecule has 4 heteroatoms. The van der Waals surface area contributed by atoms with Crippen molar-refractivity contribution in [1.82, 2.24) is 4.98 Å². The fourth-order valence-corrected chi connectivity index (χ4v) is 1.91. The van der Waals surface area contributed by atoms with E-state index in [1.54, 1.807) is 0 Å². The maximum absolute atomic E-state index is 11.7. The van der Waals surface area contributed by atoms with E-state index in [1.165, 1.54) is 0 Å². The molecule has 1 aromatic heterocycles. The molecule has 1 saturated heterocycles. The number of hydrogen-bond acceptors (Lipinski definition) is 4. The van der Waals surface area contributed by atoms with Gasteiger partial charge < -0.3 is 9.15 Å². The molecule has 0 bridgehead atoms. The second-order valence-corrected chi connectivity index (χ2v) is 4.20. The Bertz CT molecular complexity index is 527. The average molecular weight is 217 g/mol. The van der Waals surface area contributed by atoms with Crippen molar-refractivity contribution >= 4 is 17.1 Å². The van der Waals surface area contributed by atoms with E-state index < -0.39 is 5.41 Å². The number of ether oxygens (including phenoxy) is 1. The Hall–Kier alpha value is -1.84. The molecule has 0 saturated carbocycles. The zero-order chi connectivity index (χ0) is 11.2. The topological polar surface area (TPSA) is 52.3 Å². The van der Waals surface area contributed by atoms with Gasteiger partial charge in [0.1, 0.15) is 10.9 Å². The van der Waals surface area contributed by atoms with Gasteiger partial charge in [0.25, 0.3) is 0 Å². The van der Waals surface area contributed by atoms with Gasteiger partial charge in [-0.05, 0) is 19.1 Å². The van der Waals surface area contributed by atoms with E-state index in [9.17, 15) is 4.79 Å². The molecular formula is C12H11NO3. The lowest BCUT2D eigenvalue weighted by Crippen LogP contribution is -2.27. The molecule has 82 valence electrons. The van der Waals surface area contributed by atoms with E-state index in [0.29, 0.717) is 24.5 Å². The zero-order valence-corrected chi connectivity index (χ0v) is 8.90. The highest BCUT2D eigenvalue weighted by Gasteiger charge is 2.45. The molecule has 2 aromatic rings. The normalized spacial score (nSPS) is 24.9. The first-order valence-corrected chi connectivity index (χ1v) is 5.23. The minimum absolute atomic E-state index is 0.251. The lowest BCUT2D eigenvalue weighted by Gasteiger charge is -2.12. The molecule has 1 fully saturated rings. The number of oxazole rings is 1. The van der Waals surface area contributed by atoms with Crippen molar-refractivity contribution in [2.24, 2.45) is 0 Å². The van der Waals surface area contributed by atoms with Crippen LogP contribution in [0.3, 0.4) is 0 Å². The highest BCUT2D eigenvalue weighted by atomic mass is 16.5. The standard InChI is InChI=1S/C12H11NO3/c1-12(6-7-15-11(12)14)10-13-8-4-2-3-5-9(8)16-10/h2-5H,6-7H2,1H3. The van der Waals surface area contributed by atoms with Gasteiger partial charge in [-0.3, -0.25) is 4.79 Å². The highest BCUT2D eigenvalue weighted by Crippen LogP contribution is 2.34. The Balaban J connectivity index is 2.15. The smallest absolute Gasteiger partial charge is 0.321 e. The van der Waals surface area contributed by atoms with Gasteiger partial charge in [-0.25, -0.2) is 4.98 Å². The van der Waals surface area contributed by atoms with Crippen LogP contribution in [0.5, 0.6) is 0 Å². The summed E-state index contributed by atoms with van der Waals surface area (Å²) < 4.78 is 10.6. The van der Waals surface area contributed by atoms with E-state index >= 15 is 0 Å². The molecule has 3 rings (SSSR count). The minimum Gasteiger partial charge on any atom is -0.465 e. The van der Waals surface area contributed by atoms with Crippen molar-refractivity contribution in [1.29, 1.82) is 0 Å². The Labute approximate surface area is 92.2 Å². The maximum Gasteiger partial charge on any atom is 0.321 e. The Morgan fingerprint density at radius 1 is 1.38 bits per heavy atom. The number of esters is 1. The van der Waals surface area contributed by atoms with Crippen LogP contribution in [0.25, 0.3) is 11.1 Å². The average Bonchev–Trinajstić information content (AvgIpc) is 2.84. The molecule has 4 nitrogen and oxygen atoms in total. The van der Waals surface area contributed by atoms with Crippen LogP contribution in [-0.2, 0) is 14.9 Å². The summed E-state index contributed by atoms with van der Waals surface area (Å²) in [6.45, 7) is 2.25. The Morgan fingerprint density at radius 2 is 2.19 bits per heavy atom. The van der Waals surface area contributed by atoms with Crippen molar-refractivity contribution in [3.05, 3.63) is 30.2 Å². The summed E-state index contributed by atoms with van der Waals surface area (Å²) in [7, 11) is 0. The van der Waals surface area contributed by atoms with Gasteiger partial charge in [0, 0.05) is 6.42 Å². The number of rotatable bonds is 1. The van der Waals surface area contributed by atoms with E-state index in [1.807, 2.05) is 31.2 Å². The molecule has 0 amide bonds. The number of aromatic nitrogens is 1. The molecule has 2 heterocycles. The van der Waals surface area contributed by atoms with Crippen LogP contribution >= 0.6 is 0 Å². The van der Waals surface area contributed by atoms with Crippen LogP contribution in [0.1, 0.15) is 19.2 Å². The zero-order valence-electron chi connectivity index (χ0n) is 8.90. The molecule has 0 aliphatic carbocycles. The molecule has 1 aromatic carbocycles. The van der Waals surface area contributed by atoms with Gasteiger partial charge in [0.05, 0.1) is 6.61 Å². The number of nitrogens with zero attached hydrogens (tertiary/aromatic N) is 1. The third-order valence-corrected chi connectivity index (χ3v) is 3.05. The summed E-state index contributed by atoms with van der Waals surface area (Å²) in [4.78, 5) is 16.0. The molecule has 1 atom stereocenters. The Morgan fingerprint density at radius 3 is 2.88 bits per heavy atom. The van der Waals surface area contributed by atoms with Gasteiger partial charge in [-0.2, -0.15) is 0 Å². The predicted octanol–water partition coefficient (Wildman–Crippen LogP) is 2.03. The van der Waals surface area contributed by atoms with Crippen molar-refractivity contribution in [2.75, 3.05) is 6.61 Å². The fourth-order valence-electron chi connectivity index (χ4n) is 1.91. The number of hydrogen-bond donors (Lipinski definition) is 0. The van der Waals surface area contributed by atoms with Crippen LogP contribution in [-0.4, -0.2) is 17.6 Å². The number of carbonyl (C=O) groups excluding carboxylic acids is 1. The third-order valence-electron chi connectivity index (χ3n) is 3.05. The number of carbonyl (C=O) groups is 1.